The first-order chi connectivity index (χ1) is 3.93. The molecule has 40 valence electrons. The number of halogens is 1. The van der Waals surface area contributed by atoms with Gasteiger partial charge in [0, 0.05) is 12.1 Å². The molecule has 0 radical (unpaired) electrons. The molecular formula is C7H6Cl+. The third-order valence-electron chi connectivity index (χ3n) is 0.926. The van der Waals surface area contributed by atoms with Crippen LogP contribution in [0.2, 0.25) is 0 Å². The van der Waals surface area contributed by atoms with Crippen LogP contribution in [0.5, 0.6) is 0 Å². The lowest BCUT2D eigenvalue weighted by Gasteiger charge is -1.77. The maximum Gasteiger partial charge on any atom is 0.146 e. The Morgan fingerprint density at radius 2 is 1.75 bits per heavy atom. The molecule has 0 aliphatic heterocycles. The van der Waals surface area contributed by atoms with E-state index >= 15 is 0 Å². The van der Waals surface area contributed by atoms with E-state index in [1.165, 1.54) is 0 Å². The smallest absolute Gasteiger partial charge is 0.0356 e. The van der Waals surface area contributed by atoms with Gasteiger partial charge in [0.15, 0.2) is 0 Å². The Morgan fingerprint density at radius 3 is 2.12 bits per heavy atom. The van der Waals surface area contributed by atoms with E-state index in [1.54, 1.807) is 5.88 Å². The predicted octanol–water partition coefficient (Wildman–Crippen LogP) is 2.44. The Bertz CT molecular complexity index is 146. The van der Waals surface area contributed by atoms with E-state index in [9.17, 15) is 0 Å². The number of rotatable bonds is 1. The summed E-state index contributed by atoms with van der Waals surface area (Å²) in [6.07, 6.45) is 0. The summed E-state index contributed by atoms with van der Waals surface area (Å²) < 4.78 is 0. The predicted molar refractivity (Wildman–Crippen MR) is 35.7 cm³/mol. The van der Waals surface area contributed by atoms with Gasteiger partial charge in [-0.1, -0.05) is 0 Å². The van der Waals surface area contributed by atoms with Gasteiger partial charge in [-0.3, -0.25) is 0 Å². The van der Waals surface area contributed by atoms with Crippen LogP contribution in [-0.4, -0.2) is 0 Å². The molecule has 0 aliphatic carbocycles. The van der Waals surface area contributed by atoms with Crippen LogP contribution in [0, 0.1) is 5.88 Å². The van der Waals surface area contributed by atoms with E-state index in [0.717, 1.165) is 5.56 Å². The van der Waals surface area contributed by atoms with Crippen molar-refractivity contribution in [3.8, 4) is 0 Å². The molecule has 1 aromatic carbocycles. The molecule has 0 saturated carbocycles. The first-order valence-corrected chi connectivity index (χ1v) is 2.85. The molecule has 0 N–H and O–H groups in total. The average Bonchev–Trinajstić information content (AvgIpc) is 1.90. The van der Waals surface area contributed by atoms with Crippen molar-refractivity contribution in [1.82, 2.24) is 0 Å². The summed E-state index contributed by atoms with van der Waals surface area (Å²) >= 11 is 5.40. The maximum atomic E-state index is 5.40. The normalized spacial score (nSPS) is 8.62. The number of hydrogen-bond donors (Lipinski definition) is 0. The van der Waals surface area contributed by atoms with Crippen molar-refractivity contribution in [2.75, 3.05) is 0 Å². The zero-order valence-corrected chi connectivity index (χ0v) is 5.10. The third kappa shape index (κ3) is 1.17. The largest absolute Gasteiger partial charge is 0.146 e. The molecule has 0 unspecified atom stereocenters. The quantitative estimate of drug-likeness (QED) is 0.506. The highest BCUT2D eigenvalue weighted by Gasteiger charge is 1.92. The van der Waals surface area contributed by atoms with Crippen LogP contribution in [0.3, 0.4) is 0 Å². The Hall–Kier alpha value is -0.620. The van der Waals surface area contributed by atoms with Crippen LogP contribution in [0.4, 0.5) is 0 Å². The lowest BCUT2D eigenvalue weighted by atomic mass is 10.2. The summed E-state index contributed by atoms with van der Waals surface area (Å²) in [6.45, 7) is 0. The third-order valence-corrected chi connectivity index (χ3v) is 1.18. The molecule has 0 spiro atoms. The zero-order chi connectivity index (χ0) is 5.82. The lowest BCUT2D eigenvalue weighted by Crippen LogP contribution is -1.68. The van der Waals surface area contributed by atoms with Crippen LogP contribution in [-0.2, 0) is 0 Å². The highest BCUT2D eigenvalue weighted by Crippen LogP contribution is 2.02. The molecule has 0 bridgehead atoms. The maximum absolute atomic E-state index is 5.40. The van der Waals surface area contributed by atoms with Gasteiger partial charge in [0.25, 0.3) is 0 Å². The summed E-state index contributed by atoms with van der Waals surface area (Å²) in [6, 6.07) is 9.77. The molecule has 1 rings (SSSR count). The molecule has 8 heavy (non-hydrogen) atoms. The van der Waals surface area contributed by atoms with Crippen molar-refractivity contribution in [3.05, 3.63) is 41.8 Å². The van der Waals surface area contributed by atoms with Gasteiger partial charge in [0.05, 0.1) is 0 Å². The molecule has 1 aromatic rings. The SMILES string of the molecule is Cl[CH+]c1ccccc1. The van der Waals surface area contributed by atoms with Gasteiger partial charge in [-0.15, -0.1) is 0 Å². The van der Waals surface area contributed by atoms with Crippen molar-refractivity contribution in [2.45, 2.75) is 0 Å². The van der Waals surface area contributed by atoms with Gasteiger partial charge < -0.3 is 0 Å². The lowest BCUT2D eigenvalue weighted by molar-refractivity contribution is 1.59. The van der Waals surface area contributed by atoms with E-state index in [0.29, 0.717) is 0 Å². The zero-order valence-electron chi connectivity index (χ0n) is 4.34. The molecule has 0 aliphatic rings. The van der Waals surface area contributed by atoms with Gasteiger partial charge >= 0.3 is 0 Å². The monoisotopic (exact) mass is 125 g/mol. The second-order valence-electron chi connectivity index (χ2n) is 1.52. The van der Waals surface area contributed by atoms with Crippen LogP contribution >= 0.6 is 11.6 Å². The second-order valence-corrected chi connectivity index (χ2v) is 1.74. The van der Waals surface area contributed by atoms with Crippen LogP contribution in [0.1, 0.15) is 5.56 Å². The van der Waals surface area contributed by atoms with Crippen LogP contribution in [0.25, 0.3) is 0 Å². The van der Waals surface area contributed by atoms with Crippen LogP contribution in [0.15, 0.2) is 30.3 Å². The van der Waals surface area contributed by atoms with Crippen LogP contribution < -0.4 is 0 Å². The minimum atomic E-state index is 1.05. The van der Waals surface area contributed by atoms with Gasteiger partial charge in [-0.2, -0.15) is 0 Å². The Labute approximate surface area is 54.1 Å². The summed E-state index contributed by atoms with van der Waals surface area (Å²) in [5.74, 6) is 1.56. The van der Waals surface area contributed by atoms with Gasteiger partial charge in [0.2, 0.25) is 0 Å². The fourth-order valence-electron chi connectivity index (χ4n) is 0.526. The molecule has 0 saturated heterocycles. The number of hydrogen-bond acceptors (Lipinski definition) is 0. The Kier molecular flexibility index (Phi) is 1.81. The molecule has 0 nitrogen and oxygen atoms in total. The highest BCUT2D eigenvalue weighted by molar-refractivity contribution is 6.25. The second kappa shape index (κ2) is 2.63. The van der Waals surface area contributed by atoms with E-state index in [-0.39, 0.29) is 0 Å². The number of benzene rings is 1. The van der Waals surface area contributed by atoms with Gasteiger partial charge in [-0.05, 0) is 29.8 Å². The summed E-state index contributed by atoms with van der Waals surface area (Å²) in [7, 11) is 0. The molecule has 0 fully saturated rings. The minimum Gasteiger partial charge on any atom is -0.0356 e. The van der Waals surface area contributed by atoms with E-state index in [2.05, 4.69) is 0 Å². The molecule has 0 atom stereocenters. The fraction of sp³-hybridized carbons (Fsp3) is 0. The first kappa shape index (κ1) is 5.52. The van der Waals surface area contributed by atoms with Crippen molar-refractivity contribution >= 4 is 11.6 Å². The molecule has 0 aromatic heterocycles. The Balaban J connectivity index is 2.83. The molecule has 1 heteroatoms. The summed E-state index contributed by atoms with van der Waals surface area (Å²) in [4.78, 5) is 0. The standard InChI is InChI=1S/C7H6Cl/c8-6-7-4-2-1-3-5-7/h1-6H/q+1. The molecule has 0 heterocycles. The molecular weight excluding hydrogens is 120 g/mol. The van der Waals surface area contributed by atoms with E-state index < -0.39 is 0 Å². The fourth-order valence-corrected chi connectivity index (χ4v) is 0.671. The van der Waals surface area contributed by atoms with Crippen molar-refractivity contribution in [1.29, 1.82) is 0 Å². The Morgan fingerprint density at radius 1 is 1.12 bits per heavy atom. The summed E-state index contributed by atoms with van der Waals surface area (Å²) in [5.41, 5.74) is 1.05. The van der Waals surface area contributed by atoms with E-state index in [4.69, 9.17) is 11.6 Å². The van der Waals surface area contributed by atoms with Crippen molar-refractivity contribution in [3.63, 3.8) is 0 Å². The topological polar surface area (TPSA) is 0 Å². The van der Waals surface area contributed by atoms with E-state index in [1.807, 2.05) is 30.3 Å². The highest BCUT2D eigenvalue weighted by atomic mass is 35.5. The minimum absolute atomic E-state index is 1.05. The first-order valence-electron chi connectivity index (χ1n) is 2.42. The van der Waals surface area contributed by atoms with Crippen molar-refractivity contribution < 1.29 is 0 Å². The summed E-state index contributed by atoms with van der Waals surface area (Å²) in [5, 5.41) is 0. The van der Waals surface area contributed by atoms with Gasteiger partial charge in [-0.25, -0.2) is 0 Å². The van der Waals surface area contributed by atoms with Gasteiger partial charge in [0.1, 0.15) is 11.4 Å². The average molecular weight is 126 g/mol. The van der Waals surface area contributed by atoms with Crippen molar-refractivity contribution in [2.24, 2.45) is 0 Å². The molecule has 0 amide bonds.